The first kappa shape index (κ1) is 16.6. The van der Waals surface area contributed by atoms with E-state index >= 15 is 0 Å². The molecule has 1 amide bonds. The van der Waals surface area contributed by atoms with Crippen LogP contribution in [-0.2, 0) is 6.54 Å². The Hall–Kier alpha value is -2.84. The Morgan fingerprint density at radius 3 is 2.88 bits per heavy atom. The first-order chi connectivity index (χ1) is 12.6. The normalized spacial score (nSPS) is 11.1. The molecule has 0 bridgehead atoms. The number of ether oxygens (including phenoxy) is 1. The number of hydrogen-bond acceptors (Lipinski definition) is 5. The smallest absolute Gasteiger partial charge is 0.404 e. The van der Waals surface area contributed by atoms with Crippen molar-refractivity contribution in [3.05, 3.63) is 50.9 Å². The maximum Gasteiger partial charge on any atom is 0.404 e. The molecule has 0 fully saturated rings. The number of methoxy groups -OCH3 is 1. The van der Waals surface area contributed by atoms with Crippen LogP contribution in [0.5, 0.6) is 5.75 Å². The van der Waals surface area contributed by atoms with E-state index in [1.54, 1.807) is 7.11 Å². The van der Waals surface area contributed by atoms with E-state index in [1.165, 1.54) is 22.7 Å². The second-order valence-electron chi connectivity index (χ2n) is 5.61. The molecular formula is C18H14N2O4S2. The van der Waals surface area contributed by atoms with Crippen molar-refractivity contribution in [2.75, 3.05) is 7.11 Å². The average molecular weight is 386 g/mol. The van der Waals surface area contributed by atoms with Crippen LogP contribution >= 0.6 is 22.7 Å². The fourth-order valence-electron chi connectivity index (χ4n) is 3.01. The van der Waals surface area contributed by atoms with Gasteiger partial charge < -0.3 is 20.1 Å². The van der Waals surface area contributed by atoms with Crippen LogP contribution in [-0.4, -0.2) is 23.3 Å². The van der Waals surface area contributed by atoms with Gasteiger partial charge in [-0.1, -0.05) is 0 Å². The zero-order valence-corrected chi connectivity index (χ0v) is 15.3. The van der Waals surface area contributed by atoms with Gasteiger partial charge in [0.05, 0.1) is 13.7 Å². The van der Waals surface area contributed by atoms with Gasteiger partial charge in [-0.25, -0.2) is 4.79 Å². The molecular weight excluding hydrogens is 372 g/mol. The van der Waals surface area contributed by atoms with Crippen molar-refractivity contribution in [3.63, 3.8) is 0 Å². The SMILES string of the molecule is COc1ccc2[nH]c(=O)c3sccc3c2c1-c1ccc(CNC(=O)O)s1. The molecule has 0 atom stereocenters. The minimum absolute atomic E-state index is 0.101. The summed E-state index contributed by atoms with van der Waals surface area (Å²) in [6.07, 6.45) is -1.06. The van der Waals surface area contributed by atoms with Crippen LogP contribution in [0, 0.1) is 0 Å². The summed E-state index contributed by atoms with van der Waals surface area (Å²) in [4.78, 5) is 27.8. The van der Waals surface area contributed by atoms with Crippen LogP contribution < -0.4 is 15.6 Å². The number of carboxylic acid groups (broad SMARTS) is 1. The molecule has 6 nitrogen and oxygen atoms in total. The molecule has 0 saturated heterocycles. The van der Waals surface area contributed by atoms with Gasteiger partial charge in [0.2, 0.25) is 0 Å². The molecule has 0 aliphatic heterocycles. The van der Waals surface area contributed by atoms with Crippen LogP contribution in [0.15, 0.2) is 40.5 Å². The lowest BCUT2D eigenvalue weighted by molar-refractivity contribution is 0.194. The number of hydrogen-bond donors (Lipinski definition) is 3. The average Bonchev–Trinajstić information content (AvgIpc) is 3.29. The van der Waals surface area contributed by atoms with Gasteiger partial charge in [-0.15, -0.1) is 22.7 Å². The molecule has 8 heteroatoms. The number of pyridine rings is 1. The maximum absolute atomic E-state index is 12.3. The van der Waals surface area contributed by atoms with Crippen LogP contribution in [0.2, 0.25) is 0 Å². The van der Waals surface area contributed by atoms with E-state index in [2.05, 4.69) is 10.3 Å². The Morgan fingerprint density at radius 2 is 2.12 bits per heavy atom. The van der Waals surface area contributed by atoms with Crippen molar-refractivity contribution in [3.8, 4) is 16.2 Å². The molecule has 4 aromatic rings. The summed E-state index contributed by atoms with van der Waals surface area (Å²) in [6.45, 7) is 0.248. The van der Waals surface area contributed by atoms with Crippen LogP contribution in [0.3, 0.4) is 0 Å². The van der Waals surface area contributed by atoms with Crippen LogP contribution in [0.25, 0.3) is 31.4 Å². The second-order valence-corrected chi connectivity index (χ2v) is 7.69. The molecule has 3 heterocycles. The highest BCUT2D eigenvalue weighted by Crippen LogP contribution is 2.42. The highest BCUT2D eigenvalue weighted by molar-refractivity contribution is 7.17. The maximum atomic E-state index is 12.3. The van der Waals surface area contributed by atoms with Gasteiger partial charge in [-0.3, -0.25) is 4.79 Å². The summed E-state index contributed by atoms with van der Waals surface area (Å²) in [5, 5.41) is 14.9. The minimum Gasteiger partial charge on any atom is -0.496 e. The quantitative estimate of drug-likeness (QED) is 0.489. The van der Waals surface area contributed by atoms with Crippen molar-refractivity contribution in [1.82, 2.24) is 10.3 Å². The Bertz CT molecular complexity index is 1190. The molecule has 3 N–H and O–H groups in total. The zero-order valence-electron chi connectivity index (χ0n) is 13.7. The first-order valence-electron chi connectivity index (χ1n) is 7.74. The number of benzene rings is 1. The molecule has 0 aliphatic carbocycles. The van der Waals surface area contributed by atoms with Gasteiger partial charge in [0.1, 0.15) is 10.4 Å². The van der Waals surface area contributed by atoms with Gasteiger partial charge in [-0.05, 0) is 35.7 Å². The van der Waals surface area contributed by atoms with Gasteiger partial charge in [-0.2, -0.15) is 0 Å². The summed E-state index contributed by atoms with van der Waals surface area (Å²) in [5.41, 5.74) is 1.54. The van der Waals surface area contributed by atoms with Gasteiger partial charge in [0, 0.05) is 31.6 Å². The van der Waals surface area contributed by atoms with Crippen molar-refractivity contribution in [2.24, 2.45) is 0 Å². The third-order valence-corrected chi connectivity index (χ3v) is 6.11. The lowest BCUT2D eigenvalue weighted by Gasteiger charge is -2.11. The lowest BCUT2D eigenvalue weighted by atomic mass is 10.0. The predicted molar refractivity (Wildman–Crippen MR) is 105 cm³/mol. The van der Waals surface area contributed by atoms with Crippen molar-refractivity contribution in [1.29, 1.82) is 0 Å². The highest BCUT2D eigenvalue weighted by atomic mass is 32.1. The van der Waals surface area contributed by atoms with E-state index in [9.17, 15) is 9.59 Å². The lowest BCUT2D eigenvalue weighted by Crippen LogP contribution is -2.19. The molecule has 0 radical (unpaired) electrons. The Morgan fingerprint density at radius 1 is 1.27 bits per heavy atom. The topological polar surface area (TPSA) is 91.4 Å². The first-order valence-corrected chi connectivity index (χ1v) is 9.44. The monoisotopic (exact) mass is 386 g/mol. The van der Waals surface area contributed by atoms with Gasteiger partial charge in [0.15, 0.2) is 0 Å². The van der Waals surface area contributed by atoms with E-state index in [-0.39, 0.29) is 12.1 Å². The molecule has 0 saturated carbocycles. The number of fused-ring (bicyclic) bond motifs is 3. The standard InChI is InChI=1S/C18H14N2O4S2/c1-24-12-4-3-11-14(10-6-7-25-16(10)17(21)20-11)15(12)13-5-2-9(26-13)8-19-18(22)23/h2-7,19H,8H2,1H3,(H,20,21)(H,22,23). The van der Waals surface area contributed by atoms with Gasteiger partial charge >= 0.3 is 6.09 Å². The van der Waals surface area contributed by atoms with E-state index in [1.807, 2.05) is 35.7 Å². The van der Waals surface area contributed by atoms with Crippen LogP contribution in [0.4, 0.5) is 4.79 Å². The van der Waals surface area contributed by atoms with E-state index < -0.39 is 6.09 Å². The molecule has 3 aromatic heterocycles. The summed E-state index contributed by atoms with van der Waals surface area (Å²) < 4.78 is 6.26. The van der Waals surface area contributed by atoms with E-state index in [0.29, 0.717) is 10.4 Å². The third kappa shape index (κ3) is 2.73. The molecule has 4 rings (SSSR count). The summed E-state index contributed by atoms with van der Waals surface area (Å²) in [5.74, 6) is 0.705. The summed E-state index contributed by atoms with van der Waals surface area (Å²) >= 11 is 2.90. The Labute approximate surface area is 155 Å². The van der Waals surface area contributed by atoms with Gasteiger partial charge in [0.25, 0.3) is 5.56 Å². The summed E-state index contributed by atoms with van der Waals surface area (Å²) in [7, 11) is 1.61. The molecule has 26 heavy (non-hydrogen) atoms. The number of H-pyrrole nitrogens is 1. The Kier molecular flexibility index (Phi) is 4.14. The number of carbonyl (C=O) groups is 1. The number of rotatable bonds is 4. The fraction of sp³-hybridized carbons (Fsp3) is 0.111. The molecule has 0 spiro atoms. The van der Waals surface area contributed by atoms with E-state index in [4.69, 9.17) is 9.84 Å². The number of aromatic nitrogens is 1. The fourth-order valence-corrected chi connectivity index (χ4v) is 4.81. The van der Waals surface area contributed by atoms with Crippen molar-refractivity contribution in [2.45, 2.75) is 6.54 Å². The number of aromatic amines is 1. The summed E-state index contributed by atoms with van der Waals surface area (Å²) in [6, 6.07) is 9.47. The zero-order chi connectivity index (χ0) is 18.3. The second kappa shape index (κ2) is 6.47. The van der Waals surface area contributed by atoms with Crippen LogP contribution in [0.1, 0.15) is 4.88 Å². The van der Waals surface area contributed by atoms with Crippen molar-refractivity contribution < 1.29 is 14.6 Å². The minimum atomic E-state index is -1.06. The predicted octanol–water partition coefficient (Wildman–Crippen LogP) is 4.25. The number of thiophene rings is 2. The third-order valence-electron chi connectivity index (χ3n) is 4.10. The van der Waals surface area contributed by atoms with E-state index in [0.717, 1.165) is 31.6 Å². The molecule has 132 valence electrons. The molecule has 1 aromatic carbocycles. The highest BCUT2D eigenvalue weighted by Gasteiger charge is 2.17. The number of nitrogens with one attached hydrogen (secondary N) is 2. The molecule has 0 aliphatic rings. The van der Waals surface area contributed by atoms with Crippen molar-refractivity contribution >= 4 is 49.8 Å². The largest absolute Gasteiger partial charge is 0.496 e. The molecule has 0 unspecified atom stereocenters. The number of amides is 1. The Balaban J connectivity index is 1.97.